The maximum absolute atomic E-state index is 12.2. The van der Waals surface area contributed by atoms with Gasteiger partial charge in [-0.05, 0) is 33.1 Å². The maximum Gasteiger partial charge on any atom is 0.309 e. The molecule has 0 aliphatic carbocycles. The van der Waals surface area contributed by atoms with E-state index in [1.165, 1.54) is 0 Å². The van der Waals surface area contributed by atoms with Crippen LogP contribution in [-0.4, -0.2) is 25.2 Å². The molecular weight excluding hydrogens is 294 g/mol. The first kappa shape index (κ1) is 21.4. The Hall–Kier alpha value is -1.57. The molecule has 0 aliphatic rings. The number of hydrogen-bond acceptors (Lipinski definition) is 5. The fourth-order valence-electron chi connectivity index (χ4n) is 2.71. The topological polar surface area (TPSA) is 76.4 Å². The van der Waals surface area contributed by atoms with Crippen molar-refractivity contribution in [3.05, 3.63) is 0 Å². The van der Waals surface area contributed by atoms with Crippen LogP contribution in [0.3, 0.4) is 0 Å². The summed E-state index contributed by atoms with van der Waals surface area (Å²) in [6.07, 6.45) is 4.82. The standard InChI is InChI=1S/C18H31NO4/c1-5-9-10-11-18(6-2,14-19)13-15(17(21)23-8-4)12-16(20)22-7-3/h15H,5-13H2,1-4H3. The van der Waals surface area contributed by atoms with Crippen molar-refractivity contribution in [3.8, 4) is 6.07 Å². The number of nitrogens with zero attached hydrogens (tertiary/aromatic N) is 1. The number of carbonyl (C=O) groups is 2. The highest BCUT2D eigenvalue weighted by Crippen LogP contribution is 2.37. The second-order valence-electron chi connectivity index (χ2n) is 5.87. The van der Waals surface area contributed by atoms with Crippen LogP contribution in [0.25, 0.3) is 0 Å². The minimum Gasteiger partial charge on any atom is -0.466 e. The highest BCUT2D eigenvalue weighted by atomic mass is 16.5. The summed E-state index contributed by atoms with van der Waals surface area (Å²) in [5.41, 5.74) is -0.584. The number of unbranched alkanes of at least 4 members (excludes halogenated alkanes) is 2. The third-order valence-electron chi connectivity index (χ3n) is 4.15. The highest BCUT2D eigenvalue weighted by molar-refractivity contribution is 5.80. The van der Waals surface area contributed by atoms with Crippen LogP contribution in [0.1, 0.15) is 72.6 Å². The summed E-state index contributed by atoms with van der Waals surface area (Å²) in [4.78, 5) is 24.0. The first-order valence-corrected chi connectivity index (χ1v) is 8.72. The second kappa shape index (κ2) is 11.9. The number of esters is 2. The predicted octanol–water partition coefficient (Wildman–Crippen LogP) is 4.01. The summed E-state index contributed by atoms with van der Waals surface area (Å²) in [6, 6.07) is 2.40. The molecule has 2 atom stereocenters. The van der Waals surface area contributed by atoms with Crippen LogP contribution >= 0.6 is 0 Å². The predicted molar refractivity (Wildman–Crippen MR) is 88.5 cm³/mol. The summed E-state index contributed by atoms with van der Waals surface area (Å²) in [5, 5.41) is 9.66. The summed E-state index contributed by atoms with van der Waals surface area (Å²) in [6.45, 7) is 8.08. The van der Waals surface area contributed by atoms with E-state index < -0.39 is 23.3 Å². The molecule has 23 heavy (non-hydrogen) atoms. The van der Waals surface area contributed by atoms with Crippen molar-refractivity contribution < 1.29 is 19.1 Å². The van der Waals surface area contributed by atoms with E-state index >= 15 is 0 Å². The van der Waals surface area contributed by atoms with Crippen LogP contribution in [-0.2, 0) is 19.1 Å². The lowest BCUT2D eigenvalue weighted by Gasteiger charge is -2.28. The van der Waals surface area contributed by atoms with E-state index in [0.29, 0.717) is 12.8 Å². The molecular formula is C18H31NO4. The van der Waals surface area contributed by atoms with Crippen LogP contribution in [0, 0.1) is 22.7 Å². The van der Waals surface area contributed by atoms with Gasteiger partial charge in [-0.2, -0.15) is 5.26 Å². The van der Waals surface area contributed by atoms with Crippen molar-refractivity contribution in [1.29, 1.82) is 5.26 Å². The molecule has 2 unspecified atom stereocenters. The van der Waals surface area contributed by atoms with Gasteiger partial charge < -0.3 is 9.47 Å². The number of hydrogen-bond donors (Lipinski definition) is 0. The molecule has 5 nitrogen and oxygen atoms in total. The van der Waals surface area contributed by atoms with E-state index in [1.807, 2.05) is 6.92 Å². The molecule has 0 spiro atoms. The Morgan fingerprint density at radius 2 is 1.74 bits per heavy atom. The number of nitriles is 1. The fourth-order valence-corrected chi connectivity index (χ4v) is 2.71. The van der Waals surface area contributed by atoms with Gasteiger partial charge in [0.2, 0.25) is 0 Å². The van der Waals surface area contributed by atoms with Crippen LogP contribution in [0.2, 0.25) is 0 Å². The number of carbonyl (C=O) groups excluding carboxylic acids is 2. The van der Waals surface area contributed by atoms with Gasteiger partial charge in [0.25, 0.3) is 0 Å². The summed E-state index contributed by atoms with van der Waals surface area (Å²) in [5.74, 6) is -1.44. The molecule has 0 aromatic carbocycles. The van der Waals surface area contributed by atoms with E-state index in [9.17, 15) is 14.9 Å². The van der Waals surface area contributed by atoms with Gasteiger partial charge in [-0.1, -0.05) is 33.1 Å². The average Bonchev–Trinajstić information content (AvgIpc) is 2.53. The SMILES string of the molecule is CCCCCC(C#N)(CC)CC(CC(=O)OCC)C(=O)OCC. The Labute approximate surface area is 140 Å². The monoisotopic (exact) mass is 325 g/mol. The molecule has 0 aliphatic heterocycles. The smallest absolute Gasteiger partial charge is 0.309 e. The zero-order chi connectivity index (χ0) is 17.7. The lowest BCUT2D eigenvalue weighted by Crippen LogP contribution is -2.30. The molecule has 0 bridgehead atoms. The number of rotatable bonds is 12. The van der Waals surface area contributed by atoms with E-state index in [4.69, 9.17) is 9.47 Å². The lowest BCUT2D eigenvalue weighted by molar-refractivity contribution is -0.155. The second-order valence-corrected chi connectivity index (χ2v) is 5.87. The van der Waals surface area contributed by atoms with Crippen molar-refractivity contribution >= 4 is 11.9 Å². The van der Waals surface area contributed by atoms with Gasteiger partial charge in [0.15, 0.2) is 0 Å². The van der Waals surface area contributed by atoms with Gasteiger partial charge >= 0.3 is 11.9 Å². The van der Waals surface area contributed by atoms with Crippen molar-refractivity contribution in [2.45, 2.75) is 72.6 Å². The van der Waals surface area contributed by atoms with E-state index in [0.717, 1.165) is 25.7 Å². The van der Waals surface area contributed by atoms with E-state index in [-0.39, 0.29) is 19.6 Å². The van der Waals surface area contributed by atoms with Gasteiger partial charge in [0.1, 0.15) is 0 Å². The molecule has 0 saturated carbocycles. The number of ether oxygens (including phenoxy) is 2. The molecule has 0 saturated heterocycles. The first-order valence-electron chi connectivity index (χ1n) is 8.72. The molecule has 0 aromatic rings. The minimum absolute atomic E-state index is 0.0239. The highest BCUT2D eigenvalue weighted by Gasteiger charge is 2.36. The molecule has 0 N–H and O–H groups in total. The van der Waals surface area contributed by atoms with Crippen LogP contribution in [0.5, 0.6) is 0 Å². The Balaban J connectivity index is 5.07. The third kappa shape index (κ3) is 8.01. The van der Waals surface area contributed by atoms with E-state index in [1.54, 1.807) is 13.8 Å². The average molecular weight is 325 g/mol. The summed E-state index contributed by atoms with van der Waals surface area (Å²) >= 11 is 0. The maximum atomic E-state index is 12.2. The van der Waals surface area contributed by atoms with Gasteiger partial charge in [-0.15, -0.1) is 0 Å². The van der Waals surface area contributed by atoms with Gasteiger partial charge in [0, 0.05) is 0 Å². The normalized spacial score (nSPS) is 14.4. The van der Waals surface area contributed by atoms with E-state index in [2.05, 4.69) is 13.0 Å². The summed E-state index contributed by atoms with van der Waals surface area (Å²) < 4.78 is 10.0. The molecule has 5 heteroatoms. The molecule has 0 aromatic heterocycles. The Morgan fingerprint density at radius 1 is 1.09 bits per heavy atom. The van der Waals surface area contributed by atoms with Crippen molar-refractivity contribution in [3.63, 3.8) is 0 Å². The zero-order valence-corrected chi connectivity index (χ0v) is 15.0. The molecule has 0 radical (unpaired) electrons. The van der Waals surface area contributed by atoms with Gasteiger partial charge in [-0.25, -0.2) is 0 Å². The fraction of sp³-hybridized carbons (Fsp3) is 0.833. The van der Waals surface area contributed by atoms with Crippen molar-refractivity contribution in [2.75, 3.05) is 13.2 Å². The van der Waals surface area contributed by atoms with Crippen molar-refractivity contribution in [1.82, 2.24) is 0 Å². The zero-order valence-electron chi connectivity index (χ0n) is 15.0. The molecule has 0 amide bonds. The molecule has 0 rings (SSSR count). The van der Waals surface area contributed by atoms with Crippen LogP contribution in [0.15, 0.2) is 0 Å². The van der Waals surface area contributed by atoms with Crippen LogP contribution < -0.4 is 0 Å². The Morgan fingerprint density at radius 3 is 2.22 bits per heavy atom. The molecule has 0 fully saturated rings. The quantitative estimate of drug-likeness (QED) is 0.400. The molecule has 0 heterocycles. The van der Waals surface area contributed by atoms with Crippen molar-refractivity contribution in [2.24, 2.45) is 11.3 Å². The molecule has 132 valence electrons. The minimum atomic E-state index is -0.616. The largest absolute Gasteiger partial charge is 0.466 e. The van der Waals surface area contributed by atoms with Gasteiger partial charge in [0.05, 0.1) is 37.0 Å². The Kier molecular flexibility index (Phi) is 11.1. The van der Waals surface area contributed by atoms with Crippen LogP contribution in [0.4, 0.5) is 0 Å². The summed E-state index contributed by atoms with van der Waals surface area (Å²) in [7, 11) is 0. The van der Waals surface area contributed by atoms with Gasteiger partial charge in [-0.3, -0.25) is 9.59 Å². The lowest BCUT2D eigenvalue weighted by atomic mass is 9.74. The first-order chi connectivity index (χ1) is 11.0. The Bertz CT molecular complexity index is 402. The third-order valence-corrected chi connectivity index (χ3v) is 4.15.